The van der Waals surface area contributed by atoms with Gasteiger partial charge in [0.15, 0.2) is 5.96 Å². The molecule has 1 aromatic rings. The molecule has 0 radical (unpaired) electrons. The Morgan fingerprint density at radius 3 is 2.64 bits per heavy atom. The smallest absolute Gasteiger partial charge is 0.242 e. The van der Waals surface area contributed by atoms with Crippen LogP contribution in [0.3, 0.4) is 0 Å². The molecule has 0 spiro atoms. The average Bonchev–Trinajstić information content (AvgIpc) is 2.65. The third kappa shape index (κ3) is 5.59. The van der Waals surface area contributed by atoms with Crippen molar-refractivity contribution in [2.75, 3.05) is 20.1 Å². The van der Waals surface area contributed by atoms with E-state index in [1.807, 2.05) is 11.0 Å². The molecule has 0 atom stereocenters. The van der Waals surface area contributed by atoms with Crippen molar-refractivity contribution in [3.63, 3.8) is 0 Å². The Morgan fingerprint density at radius 2 is 1.92 bits per heavy atom. The molecule has 1 saturated carbocycles. The van der Waals surface area contributed by atoms with Crippen LogP contribution < -0.4 is 10.6 Å². The minimum atomic E-state index is 0. The van der Waals surface area contributed by atoms with E-state index in [1.165, 1.54) is 43.2 Å². The van der Waals surface area contributed by atoms with Crippen LogP contribution in [0.5, 0.6) is 0 Å². The number of carbonyl (C=O) groups excluding carboxylic acids is 1. The van der Waals surface area contributed by atoms with Gasteiger partial charge in [0.05, 0.1) is 6.54 Å². The fraction of sp³-hybridized carbons (Fsp3) is 0.579. The van der Waals surface area contributed by atoms with Crippen LogP contribution in [0, 0.1) is 0 Å². The Morgan fingerprint density at radius 1 is 1.20 bits per heavy atom. The van der Waals surface area contributed by atoms with Crippen LogP contribution in [0.4, 0.5) is 0 Å². The van der Waals surface area contributed by atoms with Crippen molar-refractivity contribution in [2.45, 2.75) is 51.1 Å². The SMILES string of the molecule is CN=C(NCC(=O)N1CCc2ccccc2C1)NC1CCCCC1.I. The molecule has 0 unspecified atom stereocenters. The molecule has 1 fully saturated rings. The monoisotopic (exact) mass is 456 g/mol. The van der Waals surface area contributed by atoms with Gasteiger partial charge in [-0.2, -0.15) is 0 Å². The number of amides is 1. The molecule has 1 amide bonds. The van der Waals surface area contributed by atoms with E-state index in [0.717, 1.165) is 18.9 Å². The number of fused-ring (bicyclic) bond motifs is 1. The molecule has 1 aliphatic heterocycles. The molecule has 3 rings (SSSR count). The Kier molecular flexibility index (Phi) is 7.99. The molecule has 138 valence electrons. The second kappa shape index (κ2) is 9.99. The van der Waals surface area contributed by atoms with Crippen molar-refractivity contribution >= 4 is 35.8 Å². The first-order valence-electron chi connectivity index (χ1n) is 9.08. The fourth-order valence-electron chi connectivity index (χ4n) is 3.61. The maximum atomic E-state index is 12.5. The highest BCUT2D eigenvalue weighted by atomic mass is 127. The summed E-state index contributed by atoms with van der Waals surface area (Å²) in [5.74, 6) is 0.878. The van der Waals surface area contributed by atoms with Crippen LogP contribution in [0.15, 0.2) is 29.3 Å². The molecule has 6 heteroatoms. The number of hydrogen-bond acceptors (Lipinski definition) is 2. The number of aliphatic imine (C=N–C) groups is 1. The van der Waals surface area contributed by atoms with Gasteiger partial charge in [-0.1, -0.05) is 43.5 Å². The van der Waals surface area contributed by atoms with Gasteiger partial charge in [0.2, 0.25) is 5.91 Å². The molecule has 2 aliphatic rings. The summed E-state index contributed by atoms with van der Waals surface area (Å²) in [6, 6.07) is 8.87. The van der Waals surface area contributed by atoms with Gasteiger partial charge in [-0.15, -0.1) is 24.0 Å². The molecule has 5 nitrogen and oxygen atoms in total. The minimum Gasteiger partial charge on any atom is -0.354 e. The highest BCUT2D eigenvalue weighted by Crippen LogP contribution is 2.18. The van der Waals surface area contributed by atoms with Gasteiger partial charge in [0, 0.05) is 26.2 Å². The van der Waals surface area contributed by atoms with Gasteiger partial charge in [0.1, 0.15) is 0 Å². The van der Waals surface area contributed by atoms with Gasteiger partial charge in [-0.05, 0) is 30.4 Å². The third-order valence-corrected chi connectivity index (χ3v) is 5.06. The molecule has 1 aromatic carbocycles. The summed E-state index contributed by atoms with van der Waals surface area (Å²) in [6.45, 7) is 1.81. The number of guanidine groups is 1. The van der Waals surface area contributed by atoms with Crippen molar-refractivity contribution in [3.05, 3.63) is 35.4 Å². The predicted octanol–water partition coefficient (Wildman–Crippen LogP) is 2.69. The lowest BCUT2D eigenvalue weighted by Crippen LogP contribution is -2.48. The van der Waals surface area contributed by atoms with Crippen LogP contribution in [-0.2, 0) is 17.8 Å². The van der Waals surface area contributed by atoms with Crippen molar-refractivity contribution in [1.82, 2.24) is 15.5 Å². The summed E-state index contributed by atoms with van der Waals surface area (Å²) < 4.78 is 0. The minimum absolute atomic E-state index is 0. The largest absolute Gasteiger partial charge is 0.354 e. The first-order chi connectivity index (χ1) is 11.8. The van der Waals surface area contributed by atoms with Crippen molar-refractivity contribution < 1.29 is 4.79 Å². The molecular weight excluding hydrogens is 427 g/mol. The lowest BCUT2D eigenvalue weighted by atomic mass is 9.96. The van der Waals surface area contributed by atoms with Crippen LogP contribution in [0.25, 0.3) is 0 Å². The van der Waals surface area contributed by atoms with Gasteiger partial charge < -0.3 is 15.5 Å². The Labute approximate surface area is 167 Å². The maximum Gasteiger partial charge on any atom is 0.242 e. The van der Waals surface area contributed by atoms with Crippen molar-refractivity contribution in [3.8, 4) is 0 Å². The number of nitrogens with one attached hydrogen (secondary N) is 2. The quantitative estimate of drug-likeness (QED) is 0.418. The van der Waals surface area contributed by atoms with E-state index in [4.69, 9.17) is 0 Å². The van der Waals surface area contributed by atoms with E-state index < -0.39 is 0 Å². The molecule has 25 heavy (non-hydrogen) atoms. The molecule has 0 saturated heterocycles. The summed E-state index contributed by atoms with van der Waals surface area (Å²) in [7, 11) is 1.76. The molecule has 2 N–H and O–H groups in total. The molecular formula is C19H29IN4O. The first kappa shape index (κ1) is 20.0. The van der Waals surface area contributed by atoms with Crippen LogP contribution >= 0.6 is 24.0 Å². The fourth-order valence-corrected chi connectivity index (χ4v) is 3.61. The molecule has 1 heterocycles. The third-order valence-electron chi connectivity index (χ3n) is 5.06. The number of rotatable bonds is 3. The normalized spacial score (nSPS) is 18.1. The second-order valence-corrected chi connectivity index (χ2v) is 6.74. The van der Waals surface area contributed by atoms with E-state index in [9.17, 15) is 4.79 Å². The Balaban J connectivity index is 0.00000225. The van der Waals surface area contributed by atoms with Gasteiger partial charge in [0.25, 0.3) is 0 Å². The van der Waals surface area contributed by atoms with Gasteiger partial charge in [-0.3, -0.25) is 9.79 Å². The maximum absolute atomic E-state index is 12.5. The highest BCUT2D eigenvalue weighted by Gasteiger charge is 2.21. The van der Waals surface area contributed by atoms with Crippen LogP contribution in [-0.4, -0.2) is 42.9 Å². The van der Waals surface area contributed by atoms with E-state index in [-0.39, 0.29) is 29.9 Å². The number of hydrogen-bond donors (Lipinski definition) is 2. The molecule has 0 aromatic heterocycles. The zero-order chi connectivity index (χ0) is 16.8. The van der Waals surface area contributed by atoms with Crippen molar-refractivity contribution in [2.24, 2.45) is 4.99 Å². The lowest BCUT2D eigenvalue weighted by molar-refractivity contribution is -0.130. The standard InChI is InChI=1S/C19H28N4O.HI/c1-20-19(22-17-9-3-2-4-10-17)21-13-18(24)23-12-11-15-7-5-6-8-16(15)14-23;/h5-8,17H,2-4,9-14H2,1H3,(H2,20,21,22);1H. The summed E-state index contributed by atoms with van der Waals surface area (Å²) in [6.07, 6.45) is 7.22. The van der Waals surface area contributed by atoms with Gasteiger partial charge in [-0.25, -0.2) is 0 Å². The number of benzene rings is 1. The van der Waals surface area contributed by atoms with E-state index >= 15 is 0 Å². The summed E-state index contributed by atoms with van der Waals surface area (Å²) in [5.41, 5.74) is 2.63. The second-order valence-electron chi connectivity index (χ2n) is 6.74. The van der Waals surface area contributed by atoms with Crippen LogP contribution in [0.2, 0.25) is 0 Å². The molecule has 0 bridgehead atoms. The van der Waals surface area contributed by atoms with Crippen LogP contribution in [0.1, 0.15) is 43.2 Å². The van der Waals surface area contributed by atoms with Crippen molar-refractivity contribution in [1.29, 1.82) is 0 Å². The summed E-state index contributed by atoms with van der Waals surface area (Å²) in [5, 5.41) is 6.63. The average molecular weight is 456 g/mol. The Bertz CT molecular complexity index is 599. The topological polar surface area (TPSA) is 56.7 Å². The zero-order valence-electron chi connectivity index (χ0n) is 15.0. The number of halogens is 1. The predicted molar refractivity (Wildman–Crippen MR) is 112 cm³/mol. The lowest BCUT2D eigenvalue weighted by Gasteiger charge is -2.29. The van der Waals surface area contributed by atoms with E-state index in [2.05, 4.69) is 33.8 Å². The summed E-state index contributed by atoms with van der Waals surface area (Å²) in [4.78, 5) is 18.7. The van der Waals surface area contributed by atoms with Gasteiger partial charge >= 0.3 is 0 Å². The zero-order valence-corrected chi connectivity index (χ0v) is 17.3. The van der Waals surface area contributed by atoms with E-state index in [1.54, 1.807) is 7.05 Å². The summed E-state index contributed by atoms with van der Waals surface area (Å²) >= 11 is 0. The highest BCUT2D eigenvalue weighted by molar-refractivity contribution is 14.0. The molecule has 1 aliphatic carbocycles. The number of carbonyl (C=O) groups is 1. The number of nitrogens with zero attached hydrogens (tertiary/aromatic N) is 2. The van der Waals surface area contributed by atoms with E-state index in [0.29, 0.717) is 19.1 Å². The Hall–Kier alpha value is -1.31. The first-order valence-corrected chi connectivity index (χ1v) is 9.08.